The van der Waals surface area contributed by atoms with Crippen molar-refractivity contribution in [3.05, 3.63) is 111 Å². The summed E-state index contributed by atoms with van der Waals surface area (Å²) in [6, 6.07) is 19.6. The Kier molecular flexibility index (Phi) is 7.87. The summed E-state index contributed by atoms with van der Waals surface area (Å²) in [6.07, 6.45) is 0. The maximum absolute atomic E-state index is 13.2. The van der Waals surface area contributed by atoms with Gasteiger partial charge in [-0.05, 0) is 68.0 Å². The molecule has 0 aliphatic carbocycles. The number of benzene rings is 3. The van der Waals surface area contributed by atoms with Gasteiger partial charge in [0.2, 0.25) is 0 Å². The second-order valence-electron chi connectivity index (χ2n) is 9.40. The molecule has 3 aromatic carbocycles. The van der Waals surface area contributed by atoms with Crippen LogP contribution in [0.1, 0.15) is 28.3 Å². The van der Waals surface area contributed by atoms with Crippen molar-refractivity contribution in [3.63, 3.8) is 0 Å². The fourth-order valence-corrected chi connectivity index (χ4v) is 4.42. The minimum Gasteiger partial charge on any atom is -0.507 e. The number of carbonyl (C=O) groups is 2. The molecule has 0 radical (unpaired) electrons. The van der Waals surface area contributed by atoms with E-state index in [-0.39, 0.29) is 23.6 Å². The van der Waals surface area contributed by atoms with Gasteiger partial charge in [-0.1, -0.05) is 30.3 Å². The van der Waals surface area contributed by atoms with Crippen molar-refractivity contribution in [1.29, 1.82) is 0 Å². The highest BCUT2D eigenvalue weighted by Gasteiger charge is 2.46. The van der Waals surface area contributed by atoms with E-state index in [1.807, 2.05) is 49.3 Å². The van der Waals surface area contributed by atoms with Crippen molar-refractivity contribution in [2.24, 2.45) is 0 Å². The molecule has 0 aromatic heterocycles. The molecule has 9 nitrogen and oxygen atoms in total. The first-order chi connectivity index (χ1) is 18.2. The van der Waals surface area contributed by atoms with Gasteiger partial charge in [0.1, 0.15) is 18.1 Å². The molecule has 0 saturated carbocycles. The number of amides is 1. The van der Waals surface area contributed by atoms with E-state index in [9.17, 15) is 24.8 Å². The van der Waals surface area contributed by atoms with Crippen molar-refractivity contribution < 1.29 is 24.4 Å². The number of aryl methyl sites for hydroxylation is 1. The van der Waals surface area contributed by atoms with Crippen LogP contribution in [0.25, 0.3) is 5.76 Å². The number of Topliss-reactive ketones (excluding diaryl/α,β-unsaturated/α-hetero) is 1. The second-order valence-corrected chi connectivity index (χ2v) is 9.40. The zero-order valence-electron chi connectivity index (χ0n) is 21.5. The van der Waals surface area contributed by atoms with Crippen LogP contribution in [-0.2, 0) is 16.2 Å². The zero-order chi connectivity index (χ0) is 27.4. The number of carbonyl (C=O) groups excluding carboxylic acids is 2. The lowest BCUT2D eigenvalue weighted by Gasteiger charge is -2.26. The molecule has 1 aliphatic rings. The first-order valence-corrected chi connectivity index (χ1v) is 12.1. The van der Waals surface area contributed by atoms with E-state index in [4.69, 9.17) is 4.74 Å². The Hall–Kier alpha value is -4.50. The molecule has 1 aliphatic heterocycles. The van der Waals surface area contributed by atoms with Crippen LogP contribution in [0.2, 0.25) is 0 Å². The number of aliphatic hydroxyl groups excluding tert-OH is 1. The van der Waals surface area contributed by atoms with Gasteiger partial charge in [-0.15, -0.1) is 0 Å². The molecular formula is C29H29N3O6. The molecule has 1 saturated heterocycles. The number of nitro groups is 1. The number of nitrogens with zero attached hydrogens (tertiary/aromatic N) is 3. The van der Waals surface area contributed by atoms with Crippen LogP contribution in [0.5, 0.6) is 5.75 Å². The number of likely N-dealkylation sites (N-methyl/N-ethyl adjacent to an activating group) is 1. The van der Waals surface area contributed by atoms with Crippen LogP contribution in [0.3, 0.4) is 0 Å². The Morgan fingerprint density at radius 3 is 2.34 bits per heavy atom. The highest BCUT2D eigenvalue weighted by molar-refractivity contribution is 6.46. The molecule has 1 fully saturated rings. The van der Waals surface area contributed by atoms with Crippen molar-refractivity contribution in [1.82, 2.24) is 9.80 Å². The number of nitro benzene ring substituents is 1. The lowest BCUT2D eigenvalue weighted by Crippen LogP contribution is -2.35. The summed E-state index contributed by atoms with van der Waals surface area (Å²) in [6.45, 7) is 2.89. The van der Waals surface area contributed by atoms with Gasteiger partial charge >= 0.3 is 0 Å². The molecule has 9 heteroatoms. The van der Waals surface area contributed by atoms with Crippen molar-refractivity contribution >= 4 is 23.1 Å². The molecule has 1 amide bonds. The predicted octanol–water partition coefficient (Wildman–Crippen LogP) is 4.47. The van der Waals surface area contributed by atoms with Gasteiger partial charge < -0.3 is 19.6 Å². The van der Waals surface area contributed by atoms with Crippen molar-refractivity contribution in [3.8, 4) is 5.75 Å². The Bertz CT molecular complexity index is 1380. The maximum Gasteiger partial charge on any atom is 0.295 e. The highest BCUT2D eigenvalue weighted by Crippen LogP contribution is 2.40. The third-order valence-corrected chi connectivity index (χ3v) is 6.45. The molecule has 196 valence electrons. The van der Waals surface area contributed by atoms with Crippen LogP contribution in [-0.4, -0.2) is 58.7 Å². The second kappa shape index (κ2) is 11.3. The minimum atomic E-state index is -0.885. The van der Waals surface area contributed by atoms with Gasteiger partial charge in [0.25, 0.3) is 17.4 Å². The van der Waals surface area contributed by atoms with Crippen LogP contribution in [0, 0.1) is 17.0 Å². The van der Waals surface area contributed by atoms with E-state index < -0.39 is 22.7 Å². The molecule has 3 aromatic rings. The van der Waals surface area contributed by atoms with Crippen LogP contribution in [0.4, 0.5) is 5.69 Å². The number of ketones is 1. The average molecular weight is 516 g/mol. The van der Waals surface area contributed by atoms with Gasteiger partial charge in [-0.25, -0.2) is 0 Å². The Morgan fingerprint density at radius 2 is 1.74 bits per heavy atom. The highest BCUT2D eigenvalue weighted by atomic mass is 16.6. The standard InChI is InChI=1S/C29H29N3O6/c1-19-17-23(38-18-20-7-5-4-6-8-20)13-14-24(19)27(33)25-26(21-9-11-22(12-10-21)32(36)37)31(16-15-30(2)3)29(35)28(25)34/h4-14,17,26,33H,15-16,18H2,1-3H3/b27-25+/t26-/m0/s1. The molecule has 1 atom stereocenters. The van der Waals surface area contributed by atoms with Gasteiger partial charge in [-0.3, -0.25) is 19.7 Å². The molecule has 1 N–H and O–H groups in total. The molecule has 0 unspecified atom stereocenters. The summed E-state index contributed by atoms with van der Waals surface area (Å²) in [5.74, 6) is -1.22. The number of ether oxygens (including phenoxy) is 1. The molecule has 4 rings (SSSR count). The number of hydrogen-bond donors (Lipinski definition) is 1. The van der Waals surface area contributed by atoms with E-state index in [0.717, 1.165) is 5.56 Å². The average Bonchev–Trinajstić information content (AvgIpc) is 3.16. The molecule has 1 heterocycles. The Balaban J connectivity index is 1.71. The Morgan fingerprint density at radius 1 is 1.05 bits per heavy atom. The summed E-state index contributed by atoms with van der Waals surface area (Å²) < 4.78 is 5.88. The van der Waals surface area contributed by atoms with Gasteiger partial charge in [-0.2, -0.15) is 0 Å². The van der Waals surface area contributed by atoms with Crippen molar-refractivity contribution in [2.45, 2.75) is 19.6 Å². The summed E-state index contributed by atoms with van der Waals surface area (Å²) in [7, 11) is 3.70. The smallest absolute Gasteiger partial charge is 0.295 e. The normalized spacial score (nSPS) is 16.7. The summed E-state index contributed by atoms with van der Waals surface area (Å²) in [4.78, 5) is 40.2. The third kappa shape index (κ3) is 5.57. The van der Waals surface area contributed by atoms with E-state index in [2.05, 4.69) is 0 Å². The fourth-order valence-electron chi connectivity index (χ4n) is 4.42. The number of hydrogen-bond acceptors (Lipinski definition) is 7. The van der Waals surface area contributed by atoms with Crippen molar-refractivity contribution in [2.75, 3.05) is 27.2 Å². The minimum absolute atomic E-state index is 0.0522. The molecule has 0 spiro atoms. The van der Waals surface area contributed by atoms with Gasteiger partial charge in [0.15, 0.2) is 0 Å². The fraction of sp³-hybridized carbons (Fsp3) is 0.241. The summed E-state index contributed by atoms with van der Waals surface area (Å²) >= 11 is 0. The first kappa shape index (κ1) is 26.6. The lowest BCUT2D eigenvalue weighted by atomic mass is 9.93. The van der Waals surface area contributed by atoms with E-state index in [1.165, 1.54) is 29.2 Å². The molecule has 38 heavy (non-hydrogen) atoms. The third-order valence-electron chi connectivity index (χ3n) is 6.45. The largest absolute Gasteiger partial charge is 0.507 e. The molecule has 0 bridgehead atoms. The number of non-ortho nitro benzene ring substituents is 1. The van der Waals surface area contributed by atoms with Crippen LogP contribution >= 0.6 is 0 Å². The van der Waals surface area contributed by atoms with Crippen LogP contribution in [0.15, 0.2) is 78.4 Å². The monoisotopic (exact) mass is 515 g/mol. The number of likely N-dealkylation sites (tertiary alicyclic amines) is 1. The van der Waals surface area contributed by atoms with Gasteiger partial charge in [0.05, 0.1) is 16.5 Å². The van der Waals surface area contributed by atoms with E-state index >= 15 is 0 Å². The SMILES string of the molecule is Cc1cc(OCc2ccccc2)ccc1/C(O)=C1\C(=O)C(=O)N(CCN(C)C)[C@H]1c1ccc([N+](=O)[O-])cc1. The quantitative estimate of drug-likeness (QED) is 0.147. The Labute approximate surface area is 220 Å². The maximum atomic E-state index is 13.2. The van der Waals surface area contributed by atoms with Crippen LogP contribution < -0.4 is 4.74 Å². The predicted molar refractivity (Wildman–Crippen MR) is 143 cm³/mol. The summed E-state index contributed by atoms with van der Waals surface area (Å²) in [5, 5.41) is 22.5. The first-order valence-electron chi connectivity index (χ1n) is 12.1. The topological polar surface area (TPSA) is 113 Å². The molecular weight excluding hydrogens is 486 g/mol. The van der Waals surface area contributed by atoms with E-state index in [0.29, 0.717) is 35.6 Å². The summed E-state index contributed by atoms with van der Waals surface area (Å²) in [5.41, 5.74) is 2.41. The lowest BCUT2D eigenvalue weighted by molar-refractivity contribution is -0.384. The van der Waals surface area contributed by atoms with E-state index in [1.54, 1.807) is 25.1 Å². The number of aliphatic hydroxyl groups is 1. The zero-order valence-corrected chi connectivity index (χ0v) is 21.5. The number of rotatable bonds is 9. The van der Waals surface area contributed by atoms with Gasteiger partial charge in [0, 0.05) is 30.8 Å².